The highest BCUT2D eigenvalue weighted by Gasteiger charge is 2.06. The van der Waals surface area contributed by atoms with Gasteiger partial charge < -0.3 is 5.73 Å². The molecule has 0 amide bonds. The Morgan fingerprint density at radius 1 is 1.33 bits per heavy atom. The van der Waals surface area contributed by atoms with Crippen LogP contribution in [0.25, 0.3) is 0 Å². The predicted molar refractivity (Wildman–Crippen MR) is 79.1 cm³/mol. The van der Waals surface area contributed by atoms with Crippen molar-refractivity contribution in [2.75, 3.05) is 5.73 Å². The molecule has 94 valence electrons. The van der Waals surface area contributed by atoms with Crippen LogP contribution in [-0.4, -0.2) is 4.98 Å². The van der Waals surface area contributed by atoms with Crippen molar-refractivity contribution in [3.05, 3.63) is 52.3 Å². The molecule has 18 heavy (non-hydrogen) atoms. The van der Waals surface area contributed by atoms with E-state index in [0.29, 0.717) is 0 Å². The lowest BCUT2D eigenvalue weighted by Crippen LogP contribution is -2.00. The van der Waals surface area contributed by atoms with Crippen molar-refractivity contribution in [3.63, 3.8) is 0 Å². The number of hydrogen-bond acceptors (Lipinski definition) is 3. The maximum atomic E-state index is 6.01. The van der Waals surface area contributed by atoms with Crippen LogP contribution in [0, 0.1) is 13.8 Å². The lowest BCUT2D eigenvalue weighted by Gasteiger charge is -2.09. The number of benzene rings is 1. The molecular weight excluding hydrogens is 264 g/mol. The Morgan fingerprint density at radius 2 is 2.11 bits per heavy atom. The average molecular weight is 279 g/mol. The molecule has 0 aliphatic heterocycles. The largest absolute Gasteiger partial charge is 0.398 e. The first-order valence-electron chi connectivity index (χ1n) is 5.67. The maximum Gasteiger partial charge on any atom is 0.0556 e. The van der Waals surface area contributed by atoms with Gasteiger partial charge in [0.1, 0.15) is 0 Å². The first kappa shape index (κ1) is 13.2. The highest BCUT2D eigenvalue weighted by Crippen LogP contribution is 2.27. The summed E-state index contributed by atoms with van der Waals surface area (Å²) in [5.41, 5.74) is 9.98. The third kappa shape index (κ3) is 2.98. The van der Waals surface area contributed by atoms with E-state index >= 15 is 0 Å². The lowest BCUT2D eigenvalue weighted by atomic mass is 10.1. The molecule has 0 fully saturated rings. The fourth-order valence-electron chi connectivity index (χ4n) is 1.65. The van der Waals surface area contributed by atoms with Crippen molar-refractivity contribution in [3.8, 4) is 0 Å². The summed E-state index contributed by atoms with van der Waals surface area (Å²) in [6.45, 7) is 3.99. The van der Waals surface area contributed by atoms with E-state index in [9.17, 15) is 0 Å². The summed E-state index contributed by atoms with van der Waals surface area (Å²) < 4.78 is 0. The molecule has 0 saturated carbocycles. The molecule has 2 N–H and O–H groups in total. The van der Waals surface area contributed by atoms with E-state index in [0.717, 1.165) is 38.2 Å². The number of hydrogen-bond donors (Lipinski definition) is 1. The van der Waals surface area contributed by atoms with Crippen molar-refractivity contribution >= 4 is 29.1 Å². The van der Waals surface area contributed by atoms with E-state index in [1.807, 2.05) is 44.3 Å². The van der Waals surface area contributed by atoms with Gasteiger partial charge in [0.2, 0.25) is 0 Å². The molecule has 0 spiro atoms. The summed E-state index contributed by atoms with van der Waals surface area (Å²) >= 11 is 7.67. The molecule has 1 aromatic heterocycles. The molecule has 0 saturated heterocycles. The Kier molecular flexibility index (Phi) is 4.15. The quantitative estimate of drug-likeness (QED) is 0.854. The minimum atomic E-state index is 0.758. The summed E-state index contributed by atoms with van der Waals surface area (Å²) in [7, 11) is 0. The van der Waals surface area contributed by atoms with Crippen molar-refractivity contribution in [2.45, 2.75) is 24.5 Å². The highest BCUT2D eigenvalue weighted by atomic mass is 35.5. The molecule has 1 heterocycles. The number of pyridine rings is 1. The summed E-state index contributed by atoms with van der Waals surface area (Å²) in [6.07, 6.45) is 1.83. The molecule has 0 radical (unpaired) electrons. The Hall–Kier alpha value is -1.19. The molecule has 0 aliphatic rings. The molecule has 2 nitrogen and oxygen atoms in total. The van der Waals surface area contributed by atoms with Crippen LogP contribution >= 0.6 is 23.4 Å². The van der Waals surface area contributed by atoms with E-state index in [-0.39, 0.29) is 0 Å². The number of rotatable bonds is 3. The summed E-state index contributed by atoms with van der Waals surface area (Å²) in [5, 5.41) is 0.758. The predicted octanol–water partition coefficient (Wildman–Crippen LogP) is 4.23. The van der Waals surface area contributed by atoms with E-state index in [1.54, 1.807) is 11.8 Å². The second-order valence-corrected chi connectivity index (χ2v) is 5.66. The molecule has 0 unspecified atom stereocenters. The van der Waals surface area contributed by atoms with Gasteiger partial charge in [0, 0.05) is 27.6 Å². The number of anilines is 1. The third-order valence-corrected chi connectivity index (χ3v) is 4.09. The highest BCUT2D eigenvalue weighted by molar-refractivity contribution is 7.98. The summed E-state index contributed by atoms with van der Waals surface area (Å²) in [5.74, 6) is 0.802. The number of aryl methyl sites for hydroxylation is 1. The lowest BCUT2D eigenvalue weighted by molar-refractivity contribution is 1.11. The number of nitrogens with two attached hydrogens (primary N) is 1. The molecule has 0 bridgehead atoms. The van der Waals surface area contributed by atoms with Gasteiger partial charge in [-0.1, -0.05) is 17.7 Å². The number of aromatic nitrogens is 1. The van der Waals surface area contributed by atoms with E-state index in [4.69, 9.17) is 17.3 Å². The standard InChI is InChI=1S/C14H15ClN2S/c1-9-7-17-13(10(2)14(9)16)8-18-12-5-3-4-11(15)6-12/h3-7H,8H2,1-2H3,(H2,16,17). The van der Waals surface area contributed by atoms with Crippen LogP contribution in [0.1, 0.15) is 16.8 Å². The normalized spacial score (nSPS) is 10.6. The maximum absolute atomic E-state index is 6.01. The van der Waals surface area contributed by atoms with Gasteiger partial charge in [-0.15, -0.1) is 11.8 Å². The molecule has 0 atom stereocenters. The van der Waals surface area contributed by atoms with Crippen LogP contribution in [0.2, 0.25) is 5.02 Å². The van der Waals surface area contributed by atoms with Crippen LogP contribution in [0.3, 0.4) is 0 Å². The Labute approximate surface area is 117 Å². The first-order chi connectivity index (χ1) is 8.58. The van der Waals surface area contributed by atoms with Crippen molar-refractivity contribution in [2.24, 2.45) is 0 Å². The number of thioether (sulfide) groups is 1. The Morgan fingerprint density at radius 3 is 2.83 bits per heavy atom. The van der Waals surface area contributed by atoms with Crippen LogP contribution in [-0.2, 0) is 5.75 Å². The molecule has 0 aliphatic carbocycles. The molecular formula is C14H15ClN2S. The number of nitrogens with zero attached hydrogens (tertiary/aromatic N) is 1. The SMILES string of the molecule is Cc1cnc(CSc2cccc(Cl)c2)c(C)c1N. The van der Waals surface area contributed by atoms with Gasteiger partial charge in [0.15, 0.2) is 0 Å². The second-order valence-electron chi connectivity index (χ2n) is 4.17. The fraction of sp³-hybridized carbons (Fsp3) is 0.214. The van der Waals surface area contributed by atoms with Gasteiger partial charge in [-0.05, 0) is 43.2 Å². The van der Waals surface area contributed by atoms with Gasteiger partial charge >= 0.3 is 0 Å². The zero-order valence-corrected chi connectivity index (χ0v) is 12.0. The third-order valence-electron chi connectivity index (χ3n) is 2.85. The summed E-state index contributed by atoms with van der Waals surface area (Å²) in [4.78, 5) is 5.58. The van der Waals surface area contributed by atoms with E-state index in [1.165, 1.54) is 0 Å². The van der Waals surface area contributed by atoms with Gasteiger partial charge in [0.25, 0.3) is 0 Å². The monoisotopic (exact) mass is 278 g/mol. The van der Waals surface area contributed by atoms with Crippen molar-refractivity contribution < 1.29 is 0 Å². The topological polar surface area (TPSA) is 38.9 Å². The second kappa shape index (κ2) is 5.63. The molecule has 4 heteroatoms. The molecule has 1 aromatic carbocycles. The number of halogens is 1. The van der Waals surface area contributed by atoms with Crippen molar-refractivity contribution in [1.82, 2.24) is 4.98 Å². The van der Waals surface area contributed by atoms with Gasteiger partial charge in [-0.25, -0.2) is 0 Å². The number of nitrogen functional groups attached to an aromatic ring is 1. The van der Waals surface area contributed by atoms with Gasteiger partial charge in [0.05, 0.1) is 5.69 Å². The van der Waals surface area contributed by atoms with Crippen LogP contribution < -0.4 is 5.73 Å². The smallest absolute Gasteiger partial charge is 0.0556 e. The minimum Gasteiger partial charge on any atom is -0.398 e. The average Bonchev–Trinajstić information content (AvgIpc) is 2.35. The first-order valence-corrected chi connectivity index (χ1v) is 7.03. The molecule has 2 rings (SSSR count). The fourth-order valence-corrected chi connectivity index (χ4v) is 2.88. The van der Waals surface area contributed by atoms with Gasteiger partial charge in [-0.2, -0.15) is 0 Å². The zero-order chi connectivity index (χ0) is 13.1. The van der Waals surface area contributed by atoms with Crippen molar-refractivity contribution in [1.29, 1.82) is 0 Å². The van der Waals surface area contributed by atoms with Crippen LogP contribution in [0.4, 0.5) is 5.69 Å². The Bertz CT molecular complexity index is 570. The zero-order valence-electron chi connectivity index (χ0n) is 10.4. The van der Waals surface area contributed by atoms with E-state index < -0.39 is 0 Å². The molecule has 2 aromatic rings. The minimum absolute atomic E-state index is 0.758. The van der Waals surface area contributed by atoms with Crippen LogP contribution in [0.15, 0.2) is 35.4 Å². The summed E-state index contributed by atoms with van der Waals surface area (Å²) in [6, 6.07) is 7.83. The van der Waals surface area contributed by atoms with E-state index in [2.05, 4.69) is 4.98 Å². The Balaban J connectivity index is 2.14. The van der Waals surface area contributed by atoms with Gasteiger partial charge in [-0.3, -0.25) is 4.98 Å². The van der Waals surface area contributed by atoms with Crippen LogP contribution in [0.5, 0.6) is 0 Å².